The number of nitrogens with one attached hydrogen (secondary N) is 3. The molecule has 2 aromatic rings. The van der Waals surface area contributed by atoms with E-state index in [4.69, 9.17) is 0 Å². The van der Waals surface area contributed by atoms with E-state index in [1.807, 2.05) is 18.4 Å². The molecule has 29 heavy (non-hydrogen) atoms. The van der Waals surface area contributed by atoms with Crippen LogP contribution in [0.4, 0.5) is 11.4 Å². The van der Waals surface area contributed by atoms with Gasteiger partial charge in [0, 0.05) is 24.8 Å². The first-order chi connectivity index (χ1) is 13.9. The highest BCUT2D eigenvalue weighted by Gasteiger charge is 2.21. The van der Waals surface area contributed by atoms with E-state index in [2.05, 4.69) is 23.6 Å². The van der Waals surface area contributed by atoms with E-state index in [1.165, 1.54) is 16.7 Å². The van der Waals surface area contributed by atoms with Crippen LogP contribution < -0.4 is 15.5 Å². The van der Waals surface area contributed by atoms with Gasteiger partial charge in [0.1, 0.15) is 13.1 Å². The molecule has 1 heterocycles. The lowest BCUT2D eigenvalue weighted by Gasteiger charge is -2.23. The third-order valence-electron chi connectivity index (χ3n) is 4.46. The molecule has 0 spiro atoms. The lowest BCUT2D eigenvalue weighted by atomic mass is 10.2. The van der Waals surface area contributed by atoms with E-state index in [0.29, 0.717) is 24.5 Å². The molecular weight excluding hydrogens is 388 g/mol. The van der Waals surface area contributed by atoms with E-state index in [9.17, 15) is 14.4 Å². The summed E-state index contributed by atoms with van der Waals surface area (Å²) in [6.07, 6.45) is 0. The Hall–Kier alpha value is -2.71. The summed E-state index contributed by atoms with van der Waals surface area (Å²) in [5.74, 6) is -0.429. The largest absolute Gasteiger partial charge is 0.329 e. The number of quaternary nitrogens is 1. The van der Waals surface area contributed by atoms with Crippen molar-refractivity contribution < 1.29 is 19.3 Å². The summed E-state index contributed by atoms with van der Waals surface area (Å²) >= 11 is 1.69. The number of carbonyl (C=O) groups excluding carboxylic acids is 3. The molecule has 0 bridgehead atoms. The summed E-state index contributed by atoms with van der Waals surface area (Å²) in [5.41, 5.74) is 1.28. The zero-order valence-corrected chi connectivity index (χ0v) is 18.0. The van der Waals surface area contributed by atoms with Gasteiger partial charge >= 0.3 is 0 Å². The molecule has 0 saturated carbocycles. The summed E-state index contributed by atoms with van der Waals surface area (Å²) in [6.45, 7) is 7.87. The normalized spacial score (nSPS) is 11.6. The molecular formula is C21H29N4O3S+. The molecule has 0 aliphatic heterocycles. The Morgan fingerprint density at radius 3 is 2.21 bits per heavy atom. The molecule has 0 aliphatic carbocycles. The van der Waals surface area contributed by atoms with Gasteiger partial charge in [0.25, 0.3) is 5.91 Å². The van der Waals surface area contributed by atoms with Crippen LogP contribution in [0.25, 0.3) is 0 Å². The van der Waals surface area contributed by atoms with Gasteiger partial charge < -0.3 is 20.4 Å². The number of amides is 3. The second kappa shape index (κ2) is 11.3. The fraction of sp³-hybridized carbons (Fsp3) is 0.381. The number of benzene rings is 1. The van der Waals surface area contributed by atoms with Crippen molar-refractivity contribution in [3.05, 3.63) is 46.7 Å². The second-order valence-corrected chi connectivity index (χ2v) is 7.78. The first-order valence-corrected chi connectivity index (χ1v) is 10.6. The van der Waals surface area contributed by atoms with Crippen LogP contribution in [0.5, 0.6) is 0 Å². The summed E-state index contributed by atoms with van der Waals surface area (Å²) in [4.78, 5) is 40.1. The van der Waals surface area contributed by atoms with Crippen LogP contribution >= 0.6 is 11.3 Å². The van der Waals surface area contributed by atoms with Gasteiger partial charge in [-0.3, -0.25) is 14.4 Å². The van der Waals surface area contributed by atoms with Crippen molar-refractivity contribution in [1.29, 1.82) is 0 Å². The number of hydrogen-bond donors (Lipinski definition) is 3. The quantitative estimate of drug-likeness (QED) is 0.549. The Labute approximate surface area is 175 Å². The molecule has 156 valence electrons. The summed E-state index contributed by atoms with van der Waals surface area (Å²) in [5, 5.41) is 7.51. The molecule has 7 nitrogen and oxygen atoms in total. The Balaban J connectivity index is 1.87. The fourth-order valence-electron chi connectivity index (χ4n) is 2.89. The van der Waals surface area contributed by atoms with E-state index >= 15 is 0 Å². The maximum absolute atomic E-state index is 12.7. The van der Waals surface area contributed by atoms with Crippen LogP contribution in [0.2, 0.25) is 0 Å². The average Bonchev–Trinajstić information content (AvgIpc) is 3.19. The average molecular weight is 418 g/mol. The van der Waals surface area contributed by atoms with Crippen molar-refractivity contribution >= 4 is 40.4 Å². The SMILES string of the molecule is CCN(CC(=O)Nc1ccc(NC(C)=O)cc1)C(=O)C[NH+](CC)Cc1cccs1. The number of hydrogen-bond acceptors (Lipinski definition) is 4. The summed E-state index contributed by atoms with van der Waals surface area (Å²) in [7, 11) is 0. The molecule has 1 unspecified atom stereocenters. The van der Waals surface area contributed by atoms with Gasteiger partial charge in [0.15, 0.2) is 6.54 Å². The molecule has 3 amide bonds. The van der Waals surface area contributed by atoms with Crippen LogP contribution in [0, 0.1) is 0 Å². The standard InChI is InChI=1S/C21H28N4O3S/c1-4-24(13-19-7-6-12-29-19)15-21(28)25(5-2)14-20(27)23-18-10-8-17(9-11-18)22-16(3)26/h6-12H,4-5,13-15H2,1-3H3,(H,22,26)(H,23,27)/p+1. The van der Waals surface area contributed by atoms with Crippen LogP contribution in [-0.4, -0.2) is 48.8 Å². The van der Waals surface area contributed by atoms with E-state index < -0.39 is 0 Å². The van der Waals surface area contributed by atoms with Gasteiger partial charge in [-0.25, -0.2) is 0 Å². The van der Waals surface area contributed by atoms with E-state index in [0.717, 1.165) is 13.1 Å². The Morgan fingerprint density at radius 2 is 1.69 bits per heavy atom. The molecule has 0 aliphatic rings. The number of carbonyl (C=O) groups is 3. The number of thiophene rings is 1. The highest BCUT2D eigenvalue weighted by atomic mass is 32.1. The third kappa shape index (κ3) is 7.67. The monoisotopic (exact) mass is 417 g/mol. The number of likely N-dealkylation sites (N-methyl/N-ethyl adjacent to an activating group) is 2. The lowest BCUT2D eigenvalue weighted by molar-refractivity contribution is -0.904. The molecule has 1 atom stereocenters. The van der Waals surface area contributed by atoms with Crippen molar-refractivity contribution in [2.24, 2.45) is 0 Å². The zero-order chi connectivity index (χ0) is 21.2. The van der Waals surface area contributed by atoms with Gasteiger partial charge in [-0.15, -0.1) is 11.3 Å². The molecule has 0 radical (unpaired) electrons. The van der Waals surface area contributed by atoms with Crippen molar-refractivity contribution in [2.75, 3.05) is 36.8 Å². The molecule has 3 N–H and O–H groups in total. The van der Waals surface area contributed by atoms with Crippen molar-refractivity contribution in [2.45, 2.75) is 27.3 Å². The molecule has 8 heteroatoms. The number of anilines is 2. The van der Waals surface area contributed by atoms with Crippen molar-refractivity contribution in [3.63, 3.8) is 0 Å². The Kier molecular flexibility index (Phi) is 8.82. The third-order valence-corrected chi connectivity index (χ3v) is 5.34. The molecule has 1 aromatic heterocycles. The van der Waals surface area contributed by atoms with Gasteiger partial charge in [-0.2, -0.15) is 0 Å². The van der Waals surface area contributed by atoms with Crippen LogP contribution in [0.15, 0.2) is 41.8 Å². The number of rotatable bonds is 10. The van der Waals surface area contributed by atoms with E-state index in [-0.39, 0.29) is 24.3 Å². The lowest BCUT2D eigenvalue weighted by Crippen LogP contribution is -3.11. The maximum atomic E-state index is 12.7. The Morgan fingerprint density at radius 1 is 1.03 bits per heavy atom. The number of nitrogens with zero attached hydrogens (tertiary/aromatic N) is 1. The molecule has 0 saturated heterocycles. The maximum Gasteiger partial charge on any atom is 0.278 e. The molecule has 1 aromatic carbocycles. The predicted octanol–water partition coefficient (Wildman–Crippen LogP) is 1.60. The van der Waals surface area contributed by atoms with Gasteiger partial charge in [-0.05, 0) is 49.6 Å². The van der Waals surface area contributed by atoms with Crippen LogP contribution in [-0.2, 0) is 20.9 Å². The minimum Gasteiger partial charge on any atom is -0.329 e. The predicted molar refractivity (Wildman–Crippen MR) is 116 cm³/mol. The second-order valence-electron chi connectivity index (χ2n) is 6.75. The topological polar surface area (TPSA) is 83.0 Å². The van der Waals surface area contributed by atoms with Crippen molar-refractivity contribution in [1.82, 2.24) is 4.90 Å². The minimum atomic E-state index is -0.246. The fourth-order valence-corrected chi connectivity index (χ4v) is 3.66. The van der Waals surface area contributed by atoms with Crippen LogP contribution in [0.1, 0.15) is 25.6 Å². The van der Waals surface area contributed by atoms with Gasteiger partial charge in [-0.1, -0.05) is 6.07 Å². The zero-order valence-electron chi connectivity index (χ0n) is 17.2. The van der Waals surface area contributed by atoms with Crippen LogP contribution in [0.3, 0.4) is 0 Å². The summed E-state index contributed by atoms with van der Waals surface area (Å²) in [6, 6.07) is 10.9. The highest BCUT2D eigenvalue weighted by Crippen LogP contribution is 2.13. The van der Waals surface area contributed by atoms with Gasteiger partial charge in [0.05, 0.1) is 11.4 Å². The first kappa shape index (κ1) is 22.6. The van der Waals surface area contributed by atoms with Gasteiger partial charge in [0.2, 0.25) is 11.8 Å². The van der Waals surface area contributed by atoms with Crippen molar-refractivity contribution in [3.8, 4) is 0 Å². The van der Waals surface area contributed by atoms with E-state index in [1.54, 1.807) is 40.5 Å². The molecule has 2 rings (SSSR count). The highest BCUT2D eigenvalue weighted by molar-refractivity contribution is 7.09. The Bertz CT molecular complexity index is 806. The molecule has 0 fully saturated rings. The smallest absolute Gasteiger partial charge is 0.278 e. The first-order valence-electron chi connectivity index (χ1n) is 9.72. The summed E-state index contributed by atoms with van der Waals surface area (Å²) < 4.78 is 0. The minimum absolute atomic E-state index is 0.0127.